The van der Waals surface area contributed by atoms with Crippen LogP contribution in [0.1, 0.15) is 27.7 Å². The number of nitrogens with zero attached hydrogens (tertiary/aromatic N) is 3. The summed E-state index contributed by atoms with van der Waals surface area (Å²) in [4.78, 5) is 25.5. The van der Waals surface area contributed by atoms with Gasteiger partial charge in [0.2, 0.25) is 5.78 Å². The maximum atomic E-state index is 13.3. The molecular weight excluding hydrogens is 418 g/mol. The van der Waals surface area contributed by atoms with Crippen LogP contribution in [-0.4, -0.2) is 35.4 Å². The fourth-order valence-electron chi connectivity index (χ4n) is 3.97. The first kappa shape index (κ1) is 20.4. The molecule has 3 N–H and O–H groups in total. The molecule has 0 bridgehead atoms. The van der Waals surface area contributed by atoms with E-state index in [0.29, 0.717) is 11.3 Å². The molecule has 1 atom stereocenters. The van der Waals surface area contributed by atoms with Crippen molar-refractivity contribution in [3.63, 3.8) is 0 Å². The maximum Gasteiger partial charge on any atom is 0.215 e. The average Bonchev–Trinajstić information content (AvgIpc) is 3.40. The number of hydrogen-bond donors (Lipinski definition) is 2. The minimum atomic E-state index is -0.218. The second kappa shape index (κ2) is 8.90. The number of rotatable bonds is 5. The number of nitrogens with one attached hydrogen (secondary N) is 1. The number of carbonyl (C=O) groups excluding carboxylic acids is 1. The summed E-state index contributed by atoms with van der Waals surface area (Å²) in [6, 6.07) is 21.9. The summed E-state index contributed by atoms with van der Waals surface area (Å²) in [5, 5.41) is 5.56. The Balaban J connectivity index is 1.41. The molecule has 1 aliphatic heterocycles. The zero-order valence-corrected chi connectivity index (χ0v) is 18.3. The monoisotopic (exact) mass is 441 g/mol. The van der Waals surface area contributed by atoms with Crippen LogP contribution in [0.2, 0.25) is 0 Å². The van der Waals surface area contributed by atoms with Gasteiger partial charge in [-0.25, -0.2) is 9.97 Å². The molecule has 1 aromatic carbocycles. The molecule has 0 spiro atoms. The Labute approximate surface area is 190 Å². The van der Waals surface area contributed by atoms with E-state index >= 15 is 0 Å². The Morgan fingerprint density at radius 2 is 1.97 bits per heavy atom. The second-order valence-corrected chi connectivity index (χ2v) is 8.66. The fourth-order valence-corrected chi connectivity index (χ4v) is 4.67. The molecule has 1 aliphatic rings. The van der Waals surface area contributed by atoms with E-state index < -0.39 is 0 Å². The molecule has 1 fully saturated rings. The van der Waals surface area contributed by atoms with Gasteiger partial charge in [-0.3, -0.25) is 4.79 Å². The SMILES string of the molecule is Nc1ncc(-c2cccs2)cc1C(=O)c1cccc(N2CCNC(c3ccccc3)C2)n1. The van der Waals surface area contributed by atoms with Crippen molar-refractivity contribution in [3.8, 4) is 10.4 Å². The van der Waals surface area contributed by atoms with Crippen LogP contribution in [0.25, 0.3) is 10.4 Å². The van der Waals surface area contributed by atoms with Crippen molar-refractivity contribution in [1.82, 2.24) is 15.3 Å². The number of thiophene rings is 1. The predicted molar refractivity (Wildman–Crippen MR) is 129 cm³/mol. The fraction of sp³-hybridized carbons (Fsp3) is 0.160. The Bertz CT molecular complexity index is 1230. The van der Waals surface area contributed by atoms with Crippen molar-refractivity contribution in [3.05, 3.63) is 95.1 Å². The van der Waals surface area contributed by atoms with E-state index in [2.05, 4.69) is 39.5 Å². The van der Waals surface area contributed by atoms with Gasteiger partial charge in [-0.2, -0.15) is 0 Å². The van der Waals surface area contributed by atoms with Gasteiger partial charge in [-0.15, -0.1) is 11.3 Å². The van der Waals surface area contributed by atoms with Gasteiger partial charge in [0.1, 0.15) is 17.3 Å². The van der Waals surface area contributed by atoms with Gasteiger partial charge in [0.25, 0.3) is 0 Å². The van der Waals surface area contributed by atoms with Crippen molar-refractivity contribution in [1.29, 1.82) is 0 Å². The largest absolute Gasteiger partial charge is 0.383 e. The van der Waals surface area contributed by atoms with Crippen molar-refractivity contribution in [2.75, 3.05) is 30.3 Å². The number of nitrogens with two attached hydrogens (primary N) is 1. The number of nitrogen functional groups attached to an aromatic ring is 1. The van der Waals surface area contributed by atoms with Crippen molar-refractivity contribution in [2.24, 2.45) is 0 Å². The number of pyridine rings is 2. The number of ketones is 1. The number of hydrogen-bond acceptors (Lipinski definition) is 7. The number of benzene rings is 1. The lowest BCUT2D eigenvalue weighted by atomic mass is 10.0. The van der Waals surface area contributed by atoms with E-state index in [0.717, 1.165) is 35.9 Å². The van der Waals surface area contributed by atoms with Crippen LogP contribution in [0.5, 0.6) is 0 Å². The normalized spacial score (nSPS) is 16.1. The summed E-state index contributed by atoms with van der Waals surface area (Å²) < 4.78 is 0. The van der Waals surface area contributed by atoms with Gasteiger partial charge in [0, 0.05) is 42.3 Å². The highest BCUT2D eigenvalue weighted by atomic mass is 32.1. The smallest absolute Gasteiger partial charge is 0.215 e. The summed E-state index contributed by atoms with van der Waals surface area (Å²) in [5.74, 6) is 0.790. The molecule has 0 saturated carbocycles. The first-order valence-electron chi connectivity index (χ1n) is 10.5. The average molecular weight is 442 g/mol. The first-order valence-corrected chi connectivity index (χ1v) is 11.4. The number of aromatic nitrogens is 2. The van der Waals surface area contributed by atoms with E-state index in [9.17, 15) is 4.79 Å². The molecule has 1 unspecified atom stereocenters. The highest BCUT2D eigenvalue weighted by Gasteiger charge is 2.23. The molecule has 3 aromatic heterocycles. The van der Waals surface area contributed by atoms with Crippen LogP contribution >= 0.6 is 11.3 Å². The van der Waals surface area contributed by atoms with Crippen LogP contribution in [0.15, 0.2) is 78.3 Å². The predicted octanol–water partition coefficient (Wildman–Crippen LogP) is 4.17. The minimum absolute atomic E-state index is 0.216. The molecule has 0 radical (unpaired) electrons. The van der Waals surface area contributed by atoms with Gasteiger partial charge in [0.05, 0.1) is 5.56 Å². The van der Waals surface area contributed by atoms with Crippen molar-refractivity contribution in [2.45, 2.75) is 6.04 Å². The number of piperazine rings is 1. The highest BCUT2D eigenvalue weighted by Crippen LogP contribution is 2.28. The maximum absolute atomic E-state index is 13.3. The molecule has 6 nitrogen and oxygen atoms in total. The lowest BCUT2D eigenvalue weighted by molar-refractivity contribution is 0.103. The van der Waals surface area contributed by atoms with Crippen molar-refractivity contribution >= 4 is 28.8 Å². The molecule has 0 amide bonds. The van der Waals surface area contributed by atoms with Gasteiger partial charge >= 0.3 is 0 Å². The van der Waals surface area contributed by atoms with Crippen LogP contribution in [0.4, 0.5) is 11.6 Å². The minimum Gasteiger partial charge on any atom is -0.383 e. The Kier molecular flexibility index (Phi) is 5.66. The van der Waals surface area contributed by atoms with Gasteiger partial charge in [-0.1, -0.05) is 42.5 Å². The van der Waals surface area contributed by atoms with E-state index in [1.807, 2.05) is 35.7 Å². The zero-order valence-electron chi connectivity index (χ0n) is 17.4. The number of anilines is 2. The summed E-state index contributed by atoms with van der Waals surface area (Å²) in [5.41, 5.74) is 8.94. The van der Waals surface area contributed by atoms with Crippen LogP contribution in [-0.2, 0) is 0 Å². The van der Waals surface area contributed by atoms with E-state index in [4.69, 9.17) is 10.7 Å². The molecule has 4 heterocycles. The number of carbonyl (C=O) groups is 1. The Morgan fingerprint density at radius 3 is 2.78 bits per heavy atom. The summed E-state index contributed by atoms with van der Waals surface area (Å²) >= 11 is 1.60. The van der Waals surface area contributed by atoms with Crippen LogP contribution < -0.4 is 16.0 Å². The highest BCUT2D eigenvalue weighted by molar-refractivity contribution is 7.13. The Morgan fingerprint density at radius 1 is 1.09 bits per heavy atom. The lowest BCUT2D eigenvalue weighted by Gasteiger charge is -2.35. The molecule has 4 aromatic rings. The van der Waals surface area contributed by atoms with Gasteiger partial charge < -0.3 is 16.0 Å². The topological polar surface area (TPSA) is 84.1 Å². The van der Waals surface area contributed by atoms with Gasteiger partial charge in [0.15, 0.2) is 0 Å². The second-order valence-electron chi connectivity index (χ2n) is 7.71. The third-order valence-corrected chi connectivity index (χ3v) is 6.56. The lowest BCUT2D eigenvalue weighted by Crippen LogP contribution is -2.46. The third kappa shape index (κ3) is 4.12. The Hall–Kier alpha value is -3.55. The van der Waals surface area contributed by atoms with Crippen LogP contribution in [0, 0.1) is 0 Å². The molecule has 0 aliphatic carbocycles. The molecule has 32 heavy (non-hydrogen) atoms. The van der Waals surface area contributed by atoms with Crippen LogP contribution in [0.3, 0.4) is 0 Å². The summed E-state index contributed by atoms with van der Waals surface area (Å²) in [6.07, 6.45) is 1.70. The quantitative estimate of drug-likeness (QED) is 0.452. The van der Waals surface area contributed by atoms with Gasteiger partial charge in [-0.05, 0) is 35.2 Å². The molecule has 5 rings (SSSR count). The molecule has 1 saturated heterocycles. The van der Waals surface area contributed by atoms with E-state index in [-0.39, 0.29) is 17.6 Å². The summed E-state index contributed by atoms with van der Waals surface area (Å²) in [6.45, 7) is 2.46. The molecule has 160 valence electrons. The first-order chi connectivity index (χ1) is 15.7. The molecular formula is C25H23N5OS. The van der Waals surface area contributed by atoms with E-state index in [1.54, 1.807) is 29.7 Å². The van der Waals surface area contributed by atoms with Crippen molar-refractivity contribution < 1.29 is 4.79 Å². The van der Waals surface area contributed by atoms with E-state index in [1.165, 1.54) is 5.56 Å². The summed E-state index contributed by atoms with van der Waals surface area (Å²) in [7, 11) is 0. The standard InChI is InChI=1S/C25H23N5OS/c26-25-19(14-18(15-28-25)22-9-5-13-32-22)24(31)20-8-4-10-23(29-20)30-12-11-27-21(16-30)17-6-2-1-3-7-17/h1-10,13-15,21,27H,11-12,16H2,(H2,26,28). The third-order valence-electron chi connectivity index (χ3n) is 5.64. The zero-order chi connectivity index (χ0) is 21.9. The molecule has 7 heteroatoms.